The van der Waals surface area contributed by atoms with Crippen molar-refractivity contribution in [2.75, 3.05) is 20.3 Å². The van der Waals surface area contributed by atoms with Gasteiger partial charge in [0.05, 0.1) is 26.0 Å². The van der Waals surface area contributed by atoms with Crippen LogP contribution in [0.15, 0.2) is 18.2 Å². The van der Waals surface area contributed by atoms with Crippen molar-refractivity contribution in [3.63, 3.8) is 0 Å². The van der Waals surface area contributed by atoms with Gasteiger partial charge in [0.2, 0.25) is 0 Å². The average Bonchev–Trinajstić information content (AvgIpc) is 2.71. The summed E-state index contributed by atoms with van der Waals surface area (Å²) >= 11 is 0. The quantitative estimate of drug-likeness (QED) is 0.593. The molecule has 4 bridgehead atoms. The average molecular weight is 425 g/mol. The van der Waals surface area contributed by atoms with E-state index < -0.39 is 5.97 Å². The standard InChI is InChI=1S/C25H32N2O4/c1-17-4-5-22(30-2)21(8-17)12-24(29)31-16-23(28)27(7-3-6-26)25-13-18-9-19(14-25)11-20(10-18)15-25/h4-5,8,18-20H,3,7,9-16H2,1-2H3. The van der Waals surface area contributed by atoms with Crippen LogP contribution in [-0.2, 0) is 20.7 Å². The van der Waals surface area contributed by atoms with E-state index in [1.165, 1.54) is 19.3 Å². The van der Waals surface area contributed by atoms with Crippen LogP contribution in [0, 0.1) is 36.0 Å². The minimum absolute atomic E-state index is 0.0632. The summed E-state index contributed by atoms with van der Waals surface area (Å²) in [7, 11) is 1.57. The number of amides is 1. The molecule has 1 aromatic carbocycles. The second-order valence-corrected chi connectivity index (χ2v) is 9.75. The van der Waals surface area contributed by atoms with Gasteiger partial charge < -0.3 is 14.4 Å². The van der Waals surface area contributed by atoms with E-state index in [-0.39, 0.29) is 24.5 Å². The number of methoxy groups -OCH3 is 1. The second-order valence-electron chi connectivity index (χ2n) is 9.75. The Morgan fingerprint density at radius 1 is 1.16 bits per heavy atom. The van der Waals surface area contributed by atoms with Crippen LogP contribution in [0.5, 0.6) is 5.75 Å². The van der Waals surface area contributed by atoms with E-state index in [2.05, 4.69) is 6.07 Å². The van der Waals surface area contributed by atoms with Crippen molar-refractivity contribution in [1.82, 2.24) is 4.90 Å². The Balaban J connectivity index is 1.41. The number of carbonyl (C=O) groups is 2. The normalized spacial score (nSPS) is 28.1. The first-order valence-corrected chi connectivity index (χ1v) is 11.4. The number of benzene rings is 1. The predicted molar refractivity (Wildman–Crippen MR) is 115 cm³/mol. The van der Waals surface area contributed by atoms with Crippen molar-refractivity contribution in [3.8, 4) is 11.8 Å². The summed E-state index contributed by atoms with van der Waals surface area (Å²) in [5.74, 6) is 2.11. The van der Waals surface area contributed by atoms with Crippen molar-refractivity contribution in [1.29, 1.82) is 5.26 Å². The smallest absolute Gasteiger partial charge is 0.310 e. The first-order valence-electron chi connectivity index (χ1n) is 11.4. The van der Waals surface area contributed by atoms with Crippen LogP contribution >= 0.6 is 0 Å². The summed E-state index contributed by atoms with van der Waals surface area (Å²) < 4.78 is 10.7. The number of ether oxygens (including phenoxy) is 2. The molecule has 4 saturated carbocycles. The molecule has 4 aliphatic rings. The van der Waals surface area contributed by atoms with E-state index in [4.69, 9.17) is 14.7 Å². The largest absolute Gasteiger partial charge is 0.496 e. The highest BCUT2D eigenvalue weighted by molar-refractivity contribution is 5.82. The summed E-state index contributed by atoms with van der Waals surface area (Å²) in [6, 6.07) is 7.84. The highest BCUT2D eigenvalue weighted by Crippen LogP contribution is 2.57. The van der Waals surface area contributed by atoms with Gasteiger partial charge in [-0.15, -0.1) is 0 Å². The Hall–Kier alpha value is -2.55. The summed E-state index contributed by atoms with van der Waals surface area (Å²) in [5.41, 5.74) is 1.64. The first kappa shape index (κ1) is 21.7. The van der Waals surface area contributed by atoms with Crippen LogP contribution in [-0.4, -0.2) is 42.6 Å². The molecule has 0 unspecified atom stereocenters. The predicted octanol–water partition coefficient (Wildman–Crippen LogP) is 3.80. The van der Waals surface area contributed by atoms with Gasteiger partial charge in [-0.25, -0.2) is 0 Å². The highest BCUT2D eigenvalue weighted by atomic mass is 16.5. The second kappa shape index (κ2) is 8.90. The van der Waals surface area contributed by atoms with Crippen molar-refractivity contribution < 1.29 is 19.1 Å². The zero-order valence-electron chi connectivity index (χ0n) is 18.6. The van der Waals surface area contributed by atoms with Crippen molar-refractivity contribution in [2.24, 2.45) is 17.8 Å². The maximum atomic E-state index is 13.2. The summed E-state index contributed by atoms with van der Waals surface area (Å²) in [6.45, 7) is 2.11. The van der Waals surface area contributed by atoms with Gasteiger partial charge in [-0.05, 0) is 69.3 Å². The third-order valence-electron chi connectivity index (χ3n) is 7.45. The molecular weight excluding hydrogens is 392 g/mol. The Morgan fingerprint density at radius 2 is 1.81 bits per heavy atom. The lowest BCUT2D eigenvalue weighted by Crippen LogP contribution is -2.62. The molecule has 0 heterocycles. The molecule has 0 atom stereocenters. The van der Waals surface area contributed by atoms with Crippen molar-refractivity contribution in [2.45, 2.75) is 63.8 Å². The molecule has 0 aliphatic heterocycles. The molecule has 6 heteroatoms. The molecule has 4 fully saturated rings. The molecular formula is C25H32N2O4. The van der Waals surface area contributed by atoms with Gasteiger partial charge in [-0.2, -0.15) is 5.26 Å². The fourth-order valence-electron chi connectivity index (χ4n) is 6.66. The van der Waals surface area contributed by atoms with Crippen molar-refractivity contribution in [3.05, 3.63) is 29.3 Å². The maximum absolute atomic E-state index is 13.2. The number of nitriles is 1. The number of esters is 1. The minimum atomic E-state index is -0.442. The molecule has 1 amide bonds. The SMILES string of the molecule is COc1ccc(C)cc1CC(=O)OCC(=O)N(CCC#N)C12CC3CC(CC(C3)C1)C2. The maximum Gasteiger partial charge on any atom is 0.310 e. The molecule has 4 aliphatic carbocycles. The number of carbonyl (C=O) groups excluding carboxylic acids is 2. The Bertz CT molecular complexity index is 853. The molecule has 0 radical (unpaired) electrons. The molecule has 166 valence electrons. The van der Waals surface area contributed by atoms with Crippen LogP contribution in [0.4, 0.5) is 0 Å². The number of aryl methyl sites for hydroxylation is 1. The highest BCUT2D eigenvalue weighted by Gasteiger charge is 2.54. The van der Waals surface area contributed by atoms with E-state index in [9.17, 15) is 9.59 Å². The Labute approximate surface area is 184 Å². The topological polar surface area (TPSA) is 79.6 Å². The molecule has 31 heavy (non-hydrogen) atoms. The fourth-order valence-corrected chi connectivity index (χ4v) is 6.66. The first-order chi connectivity index (χ1) is 14.9. The lowest BCUT2D eigenvalue weighted by atomic mass is 9.52. The minimum Gasteiger partial charge on any atom is -0.496 e. The molecule has 0 spiro atoms. The van der Waals surface area contributed by atoms with Gasteiger partial charge in [0.15, 0.2) is 6.61 Å². The fraction of sp³-hybridized carbons (Fsp3) is 0.640. The monoisotopic (exact) mass is 424 g/mol. The van der Waals surface area contributed by atoms with E-state index >= 15 is 0 Å². The lowest BCUT2D eigenvalue weighted by molar-refractivity contribution is -0.162. The number of rotatable bonds is 8. The molecule has 0 aromatic heterocycles. The molecule has 0 N–H and O–H groups in total. The molecule has 0 saturated heterocycles. The summed E-state index contributed by atoms with van der Waals surface area (Å²) in [5, 5.41) is 9.15. The van der Waals surface area contributed by atoms with Crippen LogP contribution in [0.25, 0.3) is 0 Å². The van der Waals surface area contributed by atoms with Crippen LogP contribution < -0.4 is 4.74 Å². The third-order valence-corrected chi connectivity index (χ3v) is 7.45. The number of hydrogen-bond acceptors (Lipinski definition) is 5. The Kier molecular flexibility index (Phi) is 6.22. The number of hydrogen-bond donors (Lipinski definition) is 0. The van der Waals surface area contributed by atoms with E-state index in [1.807, 2.05) is 30.0 Å². The van der Waals surface area contributed by atoms with Gasteiger partial charge >= 0.3 is 5.97 Å². The zero-order chi connectivity index (χ0) is 22.0. The third kappa shape index (κ3) is 4.56. The van der Waals surface area contributed by atoms with Crippen LogP contribution in [0.1, 0.15) is 56.1 Å². The van der Waals surface area contributed by atoms with Gasteiger partial charge in [0, 0.05) is 17.6 Å². The van der Waals surface area contributed by atoms with Crippen LogP contribution in [0.3, 0.4) is 0 Å². The van der Waals surface area contributed by atoms with Crippen molar-refractivity contribution >= 4 is 11.9 Å². The van der Waals surface area contributed by atoms with E-state index in [1.54, 1.807) is 7.11 Å². The van der Waals surface area contributed by atoms with Gasteiger partial charge in [-0.3, -0.25) is 9.59 Å². The van der Waals surface area contributed by atoms with Gasteiger partial charge in [-0.1, -0.05) is 17.7 Å². The van der Waals surface area contributed by atoms with E-state index in [0.29, 0.717) is 36.5 Å². The summed E-state index contributed by atoms with van der Waals surface area (Å²) in [4.78, 5) is 27.6. The van der Waals surface area contributed by atoms with E-state index in [0.717, 1.165) is 30.4 Å². The van der Waals surface area contributed by atoms with Crippen LogP contribution in [0.2, 0.25) is 0 Å². The summed E-state index contributed by atoms with van der Waals surface area (Å²) in [6.07, 6.45) is 7.32. The molecule has 5 rings (SSSR count). The molecule has 6 nitrogen and oxygen atoms in total. The van der Waals surface area contributed by atoms with Gasteiger partial charge in [0.25, 0.3) is 5.91 Å². The molecule has 1 aromatic rings. The van der Waals surface area contributed by atoms with Gasteiger partial charge in [0.1, 0.15) is 5.75 Å². The lowest BCUT2D eigenvalue weighted by Gasteiger charge is -2.60. The number of nitrogens with zero attached hydrogens (tertiary/aromatic N) is 2. The Morgan fingerprint density at radius 3 is 2.39 bits per heavy atom. The zero-order valence-corrected chi connectivity index (χ0v) is 18.6.